The van der Waals surface area contributed by atoms with Crippen molar-refractivity contribution >= 4 is 33.0 Å². The number of nitrogens with one attached hydrogen (secondary N) is 2. The molecule has 0 aromatic carbocycles. The van der Waals surface area contributed by atoms with E-state index < -0.39 is 10.0 Å². The summed E-state index contributed by atoms with van der Waals surface area (Å²) in [6.07, 6.45) is 4.96. The summed E-state index contributed by atoms with van der Waals surface area (Å²) in [7, 11) is -3.41. The Morgan fingerprint density at radius 3 is 2.45 bits per heavy atom. The smallest absolute Gasteiger partial charge is 0.250 e. The van der Waals surface area contributed by atoms with Crippen LogP contribution in [0.4, 0.5) is 0 Å². The van der Waals surface area contributed by atoms with Crippen LogP contribution in [0, 0.1) is 0 Å². The lowest BCUT2D eigenvalue weighted by atomic mass is 9.92. The zero-order valence-corrected chi connectivity index (χ0v) is 14.0. The molecule has 114 valence electrons. The first-order valence-electron chi connectivity index (χ1n) is 7.02. The van der Waals surface area contributed by atoms with Crippen LogP contribution in [-0.2, 0) is 10.0 Å². The van der Waals surface area contributed by atoms with Gasteiger partial charge in [0.1, 0.15) is 4.21 Å². The molecule has 7 heteroatoms. The minimum atomic E-state index is -3.41. The monoisotopic (exact) mass is 336 g/mol. The molecule has 1 saturated carbocycles. The Morgan fingerprint density at radius 2 is 1.90 bits per heavy atom. The molecule has 1 fully saturated rings. The van der Waals surface area contributed by atoms with Crippen molar-refractivity contribution in [3.05, 3.63) is 16.5 Å². The molecule has 0 amide bonds. The molecule has 0 bridgehead atoms. The lowest BCUT2D eigenvalue weighted by Gasteiger charge is -2.29. The Kier molecular flexibility index (Phi) is 5.86. The summed E-state index contributed by atoms with van der Waals surface area (Å²) in [6.45, 7) is 3.19. The van der Waals surface area contributed by atoms with Crippen LogP contribution in [-0.4, -0.2) is 27.0 Å². The van der Waals surface area contributed by atoms with E-state index >= 15 is 0 Å². The van der Waals surface area contributed by atoms with Gasteiger partial charge in [-0.3, -0.25) is 0 Å². The average Bonchev–Trinajstić information content (AvgIpc) is 2.85. The zero-order valence-electron chi connectivity index (χ0n) is 11.6. The van der Waals surface area contributed by atoms with Gasteiger partial charge in [-0.1, -0.05) is 18.5 Å². The third-order valence-corrected chi connectivity index (χ3v) is 6.79. The van der Waals surface area contributed by atoms with Gasteiger partial charge in [0, 0.05) is 12.1 Å². The first-order valence-corrected chi connectivity index (χ1v) is 9.70. The number of sulfonamides is 1. The van der Waals surface area contributed by atoms with Crippen molar-refractivity contribution < 1.29 is 8.42 Å². The average molecular weight is 337 g/mol. The fourth-order valence-electron chi connectivity index (χ4n) is 2.48. The molecule has 1 aromatic heterocycles. The summed E-state index contributed by atoms with van der Waals surface area (Å²) in [4.78, 5) is 0. The molecule has 0 unspecified atom stereocenters. The van der Waals surface area contributed by atoms with Gasteiger partial charge in [-0.05, 0) is 50.8 Å². The van der Waals surface area contributed by atoms with E-state index in [0.717, 1.165) is 50.0 Å². The van der Waals surface area contributed by atoms with E-state index in [-0.39, 0.29) is 6.04 Å². The molecule has 2 rings (SSSR count). The maximum absolute atomic E-state index is 12.2. The summed E-state index contributed by atoms with van der Waals surface area (Å²) in [5, 5.41) is 3.50. The van der Waals surface area contributed by atoms with Gasteiger partial charge in [0.2, 0.25) is 10.0 Å². The maximum Gasteiger partial charge on any atom is 0.250 e. The van der Waals surface area contributed by atoms with E-state index in [9.17, 15) is 8.42 Å². The second kappa shape index (κ2) is 7.22. The minimum absolute atomic E-state index is 0.0422. The van der Waals surface area contributed by atoms with E-state index in [2.05, 4.69) is 17.0 Å². The predicted molar refractivity (Wildman–Crippen MR) is 84.0 cm³/mol. The Morgan fingerprint density at radius 1 is 1.25 bits per heavy atom. The molecule has 0 radical (unpaired) electrons. The Hall–Kier alpha value is -0.140. The highest BCUT2D eigenvalue weighted by molar-refractivity contribution is 7.91. The zero-order chi connectivity index (χ0) is 14.6. The van der Waals surface area contributed by atoms with Crippen molar-refractivity contribution in [2.75, 3.05) is 6.54 Å². The van der Waals surface area contributed by atoms with Crippen molar-refractivity contribution in [1.82, 2.24) is 10.0 Å². The lowest BCUT2D eigenvalue weighted by Crippen LogP contribution is -2.42. The SMILES string of the molecule is CCCNC1CCC(NS(=O)(=O)c2ccc(Cl)s2)CC1. The van der Waals surface area contributed by atoms with Crippen LogP contribution in [0.1, 0.15) is 39.0 Å². The van der Waals surface area contributed by atoms with Crippen LogP contribution in [0.5, 0.6) is 0 Å². The topological polar surface area (TPSA) is 58.2 Å². The minimum Gasteiger partial charge on any atom is -0.314 e. The molecule has 1 aliphatic rings. The highest BCUT2D eigenvalue weighted by Crippen LogP contribution is 2.27. The Bertz CT molecular complexity index is 522. The van der Waals surface area contributed by atoms with Gasteiger partial charge in [-0.2, -0.15) is 0 Å². The summed E-state index contributed by atoms with van der Waals surface area (Å²) < 4.78 is 28.0. The van der Waals surface area contributed by atoms with E-state index in [1.54, 1.807) is 12.1 Å². The van der Waals surface area contributed by atoms with E-state index in [1.165, 1.54) is 0 Å². The van der Waals surface area contributed by atoms with E-state index in [1.807, 2.05) is 0 Å². The first kappa shape index (κ1) is 16.2. The number of thiophene rings is 1. The van der Waals surface area contributed by atoms with E-state index in [4.69, 9.17) is 11.6 Å². The number of rotatable bonds is 6. The van der Waals surface area contributed by atoms with Crippen LogP contribution in [0.3, 0.4) is 0 Å². The fraction of sp³-hybridized carbons (Fsp3) is 0.692. The van der Waals surface area contributed by atoms with Gasteiger partial charge >= 0.3 is 0 Å². The fourth-order valence-corrected chi connectivity index (χ4v) is 5.29. The highest BCUT2D eigenvalue weighted by atomic mass is 35.5. The summed E-state index contributed by atoms with van der Waals surface area (Å²) in [5.74, 6) is 0. The molecule has 0 saturated heterocycles. The summed E-state index contributed by atoms with van der Waals surface area (Å²) in [6, 6.07) is 3.75. The number of halogens is 1. The van der Waals surface area contributed by atoms with Crippen LogP contribution < -0.4 is 10.0 Å². The largest absolute Gasteiger partial charge is 0.314 e. The van der Waals surface area contributed by atoms with Crippen LogP contribution >= 0.6 is 22.9 Å². The third-order valence-electron chi connectivity index (χ3n) is 3.55. The Labute approximate surface area is 130 Å². The Balaban J connectivity index is 1.86. The molecule has 0 spiro atoms. The van der Waals surface area contributed by atoms with Crippen molar-refractivity contribution in [2.45, 2.75) is 55.3 Å². The second-order valence-electron chi connectivity index (χ2n) is 5.18. The molecule has 0 atom stereocenters. The normalized spacial score (nSPS) is 23.9. The molecule has 20 heavy (non-hydrogen) atoms. The highest BCUT2D eigenvalue weighted by Gasteiger charge is 2.26. The van der Waals surface area contributed by atoms with Gasteiger partial charge in [0.25, 0.3) is 0 Å². The maximum atomic E-state index is 12.2. The van der Waals surface area contributed by atoms with Crippen LogP contribution in [0.2, 0.25) is 4.34 Å². The molecule has 1 aromatic rings. The van der Waals surface area contributed by atoms with Crippen molar-refractivity contribution in [3.63, 3.8) is 0 Å². The van der Waals surface area contributed by atoms with Crippen LogP contribution in [0.15, 0.2) is 16.3 Å². The summed E-state index contributed by atoms with van der Waals surface area (Å²) in [5.41, 5.74) is 0. The molecule has 0 aliphatic heterocycles. The molecule has 2 N–H and O–H groups in total. The van der Waals surface area contributed by atoms with Gasteiger partial charge < -0.3 is 5.32 Å². The quantitative estimate of drug-likeness (QED) is 0.839. The standard InChI is InChI=1S/C13H21ClN2O2S2/c1-2-9-15-10-3-5-11(6-4-10)16-20(17,18)13-8-7-12(14)19-13/h7-8,10-11,15-16H,2-6,9H2,1H3. The summed E-state index contributed by atoms with van der Waals surface area (Å²) >= 11 is 6.89. The van der Waals surface area contributed by atoms with Crippen molar-refractivity contribution in [3.8, 4) is 0 Å². The third kappa shape index (κ3) is 4.43. The predicted octanol–water partition coefficient (Wildman–Crippen LogP) is 2.99. The first-order chi connectivity index (χ1) is 9.51. The van der Waals surface area contributed by atoms with Gasteiger partial charge in [0.05, 0.1) is 4.34 Å². The van der Waals surface area contributed by atoms with Gasteiger partial charge in [-0.15, -0.1) is 11.3 Å². The molecular weight excluding hydrogens is 316 g/mol. The molecule has 1 heterocycles. The van der Waals surface area contributed by atoms with E-state index in [0.29, 0.717) is 14.6 Å². The molecule has 4 nitrogen and oxygen atoms in total. The van der Waals surface area contributed by atoms with Gasteiger partial charge in [-0.25, -0.2) is 13.1 Å². The van der Waals surface area contributed by atoms with Crippen molar-refractivity contribution in [1.29, 1.82) is 0 Å². The number of hydrogen-bond acceptors (Lipinski definition) is 4. The van der Waals surface area contributed by atoms with Crippen LogP contribution in [0.25, 0.3) is 0 Å². The van der Waals surface area contributed by atoms with Gasteiger partial charge in [0.15, 0.2) is 0 Å². The lowest BCUT2D eigenvalue weighted by molar-refractivity contribution is 0.330. The number of hydrogen-bond donors (Lipinski definition) is 2. The molecule has 1 aliphatic carbocycles. The molecular formula is C13H21ClN2O2S2. The van der Waals surface area contributed by atoms with Crippen molar-refractivity contribution in [2.24, 2.45) is 0 Å². The second-order valence-corrected chi connectivity index (χ2v) is 8.84.